The van der Waals surface area contributed by atoms with E-state index < -0.39 is 5.97 Å². The molecule has 1 N–H and O–H groups in total. The predicted molar refractivity (Wildman–Crippen MR) is 90.1 cm³/mol. The average Bonchev–Trinajstić information content (AvgIpc) is 2.61. The van der Waals surface area contributed by atoms with Gasteiger partial charge in [0.05, 0.1) is 0 Å². The van der Waals surface area contributed by atoms with Gasteiger partial charge in [0.1, 0.15) is 11.3 Å². The lowest BCUT2D eigenvalue weighted by Crippen LogP contribution is -2.50. The highest BCUT2D eigenvalue weighted by Crippen LogP contribution is 2.35. The molecule has 1 aromatic rings. The van der Waals surface area contributed by atoms with E-state index in [4.69, 9.17) is 16.3 Å². The van der Waals surface area contributed by atoms with E-state index in [-0.39, 0.29) is 23.8 Å². The van der Waals surface area contributed by atoms with Crippen LogP contribution in [0.5, 0.6) is 5.75 Å². The number of phenols is 1. The maximum Gasteiger partial charge on any atom is 0.342 e. The van der Waals surface area contributed by atoms with Gasteiger partial charge < -0.3 is 14.7 Å². The van der Waals surface area contributed by atoms with Crippen molar-refractivity contribution in [3.05, 3.63) is 28.8 Å². The van der Waals surface area contributed by atoms with E-state index in [1.807, 2.05) is 4.90 Å². The number of piperidine rings is 1. The molecule has 1 saturated heterocycles. The molecule has 1 aliphatic carbocycles. The molecule has 2 fully saturated rings. The fraction of sp³-hybridized carbons (Fsp3) is 0.556. The summed E-state index contributed by atoms with van der Waals surface area (Å²) >= 11 is 5.83. The third-order valence-corrected chi connectivity index (χ3v) is 5.30. The van der Waals surface area contributed by atoms with Crippen LogP contribution in [0.25, 0.3) is 0 Å². The van der Waals surface area contributed by atoms with Crippen molar-refractivity contribution in [3.63, 3.8) is 0 Å². The number of halogens is 1. The SMILES string of the molecule is O=C(OCC(=O)N1CCC[C@H]2CCCC[C@H]21)c1cc(Cl)ccc1O. The molecular formula is C18H22ClNO4. The number of hydrogen-bond acceptors (Lipinski definition) is 4. The van der Waals surface area contributed by atoms with Crippen molar-refractivity contribution in [1.82, 2.24) is 4.90 Å². The lowest BCUT2D eigenvalue weighted by molar-refractivity contribution is -0.140. The van der Waals surface area contributed by atoms with Crippen molar-refractivity contribution in [2.75, 3.05) is 13.2 Å². The van der Waals surface area contributed by atoms with Crippen molar-refractivity contribution < 1.29 is 19.4 Å². The van der Waals surface area contributed by atoms with Gasteiger partial charge in [0.2, 0.25) is 0 Å². The van der Waals surface area contributed by atoms with Crippen molar-refractivity contribution in [3.8, 4) is 5.75 Å². The van der Waals surface area contributed by atoms with Gasteiger partial charge in [0.15, 0.2) is 6.61 Å². The Labute approximate surface area is 146 Å². The molecule has 0 radical (unpaired) electrons. The number of fused-ring (bicyclic) bond motifs is 1. The minimum atomic E-state index is -0.736. The van der Waals surface area contributed by atoms with Gasteiger partial charge in [0.25, 0.3) is 5.91 Å². The monoisotopic (exact) mass is 351 g/mol. The molecule has 5 nitrogen and oxygen atoms in total. The molecule has 1 heterocycles. The second-order valence-electron chi connectivity index (χ2n) is 6.58. The van der Waals surface area contributed by atoms with E-state index in [2.05, 4.69) is 0 Å². The van der Waals surface area contributed by atoms with E-state index in [0.29, 0.717) is 17.0 Å². The molecule has 1 aromatic carbocycles. The Bertz CT molecular complexity index is 631. The summed E-state index contributed by atoms with van der Waals surface area (Å²) in [5, 5.41) is 10.0. The second kappa shape index (κ2) is 7.43. The molecule has 1 amide bonds. The lowest BCUT2D eigenvalue weighted by atomic mass is 9.78. The van der Waals surface area contributed by atoms with E-state index in [9.17, 15) is 14.7 Å². The first-order valence-electron chi connectivity index (χ1n) is 8.51. The second-order valence-corrected chi connectivity index (χ2v) is 7.02. The van der Waals surface area contributed by atoms with Crippen molar-refractivity contribution in [2.24, 2.45) is 5.92 Å². The number of likely N-dealkylation sites (tertiary alicyclic amines) is 1. The number of phenolic OH excluding ortho intramolecular Hbond substituents is 1. The van der Waals surface area contributed by atoms with Gasteiger partial charge in [-0.25, -0.2) is 4.79 Å². The minimum absolute atomic E-state index is 0.0236. The fourth-order valence-corrected chi connectivity index (χ4v) is 4.07. The number of carbonyl (C=O) groups is 2. The summed E-state index contributed by atoms with van der Waals surface area (Å²) in [6.07, 6.45) is 6.82. The van der Waals surface area contributed by atoms with Crippen LogP contribution in [0, 0.1) is 5.92 Å². The van der Waals surface area contributed by atoms with Crippen molar-refractivity contribution in [1.29, 1.82) is 0 Å². The molecule has 0 spiro atoms. The number of esters is 1. The smallest absolute Gasteiger partial charge is 0.342 e. The zero-order valence-corrected chi connectivity index (χ0v) is 14.3. The summed E-state index contributed by atoms with van der Waals surface area (Å²) in [7, 11) is 0. The Hall–Kier alpha value is -1.75. The van der Waals surface area contributed by atoms with Crippen LogP contribution in [-0.2, 0) is 9.53 Å². The number of carbonyl (C=O) groups excluding carboxylic acids is 2. The van der Waals surface area contributed by atoms with Crippen LogP contribution < -0.4 is 0 Å². The summed E-state index contributed by atoms with van der Waals surface area (Å²) in [6, 6.07) is 4.44. The van der Waals surface area contributed by atoms with Gasteiger partial charge in [-0.2, -0.15) is 0 Å². The quantitative estimate of drug-likeness (QED) is 0.848. The Balaban J connectivity index is 1.60. The number of ether oxygens (including phenoxy) is 1. The van der Waals surface area contributed by atoms with Crippen molar-refractivity contribution >= 4 is 23.5 Å². The first-order chi connectivity index (χ1) is 11.6. The number of amides is 1. The number of rotatable bonds is 3. The van der Waals surface area contributed by atoms with Crippen LogP contribution in [0.2, 0.25) is 5.02 Å². The van der Waals surface area contributed by atoms with Gasteiger partial charge in [-0.3, -0.25) is 4.79 Å². The standard InChI is InChI=1S/C18H22ClNO4/c19-13-7-8-16(21)14(10-13)18(23)24-11-17(22)20-9-3-5-12-4-1-2-6-15(12)20/h7-8,10,12,15,21H,1-6,9,11H2/t12-,15-/m1/s1. The number of nitrogens with zero attached hydrogens (tertiary/aromatic N) is 1. The first-order valence-corrected chi connectivity index (χ1v) is 8.89. The summed E-state index contributed by atoms with van der Waals surface area (Å²) < 4.78 is 5.11. The maximum absolute atomic E-state index is 12.5. The van der Waals surface area contributed by atoms with E-state index in [1.165, 1.54) is 37.5 Å². The molecule has 3 rings (SSSR count). The highest BCUT2D eigenvalue weighted by atomic mass is 35.5. The highest BCUT2D eigenvalue weighted by molar-refractivity contribution is 6.31. The number of benzene rings is 1. The van der Waals surface area contributed by atoms with Gasteiger partial charge in [0, 0.05) is 17.6 Å². The maximum atomic E-state index is 12.5. The molecule has 24 heavy (non-hydrogen) atoms. The Morgan fingerprint density at radius 3 is 2.79 bits per heavy atom. The zero-order valence-electron chi connectivity index (χ0n) is 13.5. The molecular weight excluding hydrogens is 330 g/mol. The van der Waals surface area contributed by atoms with Crippen LogP contribution in [0.3, 0.4) is 0 Å². The Kier molecular flexibility index (Phi) is 5.29. The molecule has 2 aliphatic rings. The average molecular weight is 352 g/mol. The third-order valence-electron chi connectivity index (χ3n) is 5.07. The highest BCUT2D eigenvalue weighted by Gasteiger charge is 2.35. The molecule has 1 aliphatic heterocycles. The largest absolute Gasteiger partial charge is 0.507 e. The molecule has 0 aromatic heterocycles. The topological polar surface area (TPSA) is 66.8 Å². The fourth-order valence-electron chi connectivity index (χ4n) is 3.89. The van der Waals surface area contributed by atoms with Gasteiger partial charge in [-0.1, -0.05) is 24.4 Å². The van der Waals surface area contributed by atoms with Gasteiger partial charge in [-0.05, 0) is 49.8 Å². The minimum Gasteiger partial charge on any atom is -0.507 e. The summed E-state index contributed by atoms with van der Waals surface area (Å²) in [5.41, 5.74) is -0.0236. The predicted octanol–water partition coefficient (Wildman–Crippen LogP) is 3.38. The molecule has 0 unspecified atom stereocenters. The third kappa shape index (κ3) is 3.66. The first kappa shape index (κ1) is 17.1. The summed E-state index contributed by atoms with van der Waals surface area (Å²) in [4.78, 5) is 26.5. The zero-order chi connectivity index (χ0) is 17.1. The molecule has 2 atom stereocenters. The van der Waals surface area contributed by atoms with Crippen LogP contribution >= 0.6 is 11.6 Å². The van der Waals surface area contributed by atoms with E-state index in [0.717, 1.165) is 25.8 Å². The van der Waals surface area contributed by atoms with Crippen LogP contribution in [0.1, 0.15) is 48.9 Å². The lowest BCUT2D eigenvalue weighted by Gasteiger charge is -2.44. The Morgan fingerprint density at radius 2 is 1.96 bits per heavy atom. The number of hydrogen-bond donors (Lipinski definition) is 1. The normalized spacial score (nSPS) is 23.5. The summed E-state index contributed by atoms with van der Waals surface area (Å²) in [5.74, 6) is -0.506. The van der Waals surface area contributed by atoms with Gasteiger partial charge in [-0.15, -0.1) is 0 Å². The molecule has 6 heteroatoms. The van der Waals surface area contributed by atoms with Crippen LogP contribution in [-0.4, -0.2) is 41.1 Å². The molecule has 0 bridgehead atoms. The van der Waals surface area contributed by atoms with E-state index in [1.54, 1.807) is 0 Å². The molecule has 130 valence electrons. The summed E-state index contributed by atoms with van der Waals surface area (Å²) in [6.45, 7) is 0.438. The van der Waals surface area contributed by atoms with Crippen LogP contribution in [0.15, 0.2) is 18.2 Å². The van der Waals surface area contributed by atoms with Gasteiger partial charge >= 0.3 is 5.97 Å². The van der Waals surface area contributed by atoms with E-state index >= 15 is 0 Å². The number of aromatic hydroxyl groups is 1. The Morgan fingerprint density at radius 1 is 1.21 bits per heavy atom. The molecule has 1 saturated carbocycles. The van der Waals surface area contributed by atoms with Crippen LogP contribution in [0.4, 0.5) is 0 Å². The van der Waals surface area contributed by atoms with Crippen molar-refractivity contribution in [2.45, 2.75) is 44.6 Å².